The lowest BCUT2D eigenvalue weighted by Crippen LogP contribution is -2.39. The first kappa shape index (κ1) is 20.7. The molecule has 0 aromatic carbocycles. The molecule has 1 aromatic heterocycles. The molecule has 0 radical (unpaired) electrons. The van der Waals surface area contributed by atoms with E-state index in [1.165, 1.54) is 0 Å². The highest BCUT2D eigenvalue weighted by Gasteiger charge is 2.22. The van der Waals surface area contributed by atoms with Gasteiger partial charge in [0.2, 0.25) is 5.91 Å². The minimum atomic E-state index is 0. The number of carbonyl (C=O) groups excluding carboxylic acids is 1. The molecule has 1 amide bonds. The van der Waals surface area contributed by atoms with Crippen LogP contribution in [0.2, 0.25) is 0 Å². The van der Waals surface area contributed by atoms with Crippen LogP contribution in [-0.4, -0.2) is 52.8 Å². The number of halogens is 1. The van der Waals surface area contributed by atoms with Crippen molar-refractivity contribution in [2.75, 3.05) is 20.1 Å². The Morgan fingerprint density at radius 1 is 1.38 bits per heavy atom. The van der Waals surface area contributed by atoms with Gasteiger partial charge in [0.1, 0.15) is 12.2 Å². The molecule has 136 valence electrons. The molecule has 9 heteroatoms. The molecule has 0 spiro atoms. The maximum atomic E-state index is 11.6. The lowest BCUT2D eigenvalue weighted by atomic mass is 10.3. The number of hydrogen-bond acceptors (Lipinski definition) is 4. The van der Waals surface area contributed by atoms with E-state index in [2.05, 4.69) is 38.1 Å². The number of rotatable bonds is 9. The fourth-order valence-electron chi connectivity index (χ4n) is 2.24. The van der Waals surface area contributed by atoms with Crippen LogP contribution in [0.4, 0.5) is 0 Å². The number of carbonyl (C=O) groups is 1. The molecule has 1 aliphatic carbocycles. The van der Waals surface area contributed by atoms with Crippen LogP contribution in [0.1, 0.15) is 38.4 Å². The summed E-state index contributed by atoms with van der Waals surface area (Å²) in [6, 6.07) is 0.440. The van der Waals surface area contributed by atoms with Gasteiger partial charge < -0.3 is 20.5 Å². The lowest BCUT2D eigenvalue weighted by Gasteiger charge is -2.12. The molecule has 0 aliphatic heterocycles. The largest absolute Gasteiger partial charge is 0.356 e. The first-order valence-electron chi connectivity index (χ1n) is 8.33. The van der Waals surface area contributed by atoms with Gasteiger partial charge in [0.25, 0.3) is 0 Å². The fraction of sp³-hybridized carbons (Fsp3) is 0.733. The number of amides is 1. The third kappa shape index (κ3) is 7.45. The van der Waals surface area contributed by atoms with E-state index in [1.807, 2.05) is 4.57 Å². The number of aliphatic imine (C=N–C) groups is 1. The average Bonchev–Trinajstić information content (AvgIpc) is 3.24. The van der Waals surface area contributed by atoms with Gasteiger partial charge in [0, 0.05) is 45.6 Å². The summed E-state index contributed by atoms with van der Waals surface area (Å²) >= 11 is 0. The summed E-state index contributed by atoms with van der Waals surface area (Å²) in [5.41, 5.74) is 0. The second-order valence-electron chi connectivity index (χ2n) is 5.67. The van der Waals surface area contributed by atoms with Crippen LogP contribution in [-0.2, 0) is 17.8 Å². The summed E-state index contributed by atoms with van der Waals surface area (Å²) < 4.78 is 2.03. The number of aromatic nitrogens is 3. The minimum absolute atomic E-state index is 0. The maximum absolute atomic E-state index is 11.6. The van der Waals surface area contributed by atoms with Crippen molar-refractivity contribution in [2.45, 2.75) is 51.6 Å². The third-order valence-electron chi connectivity index (χ3n) is 3.70. The summed E-state index contributed by atoms with van der Waals surface area (Å²) in [5, 5.41) is 17.4. The van der Waals surface area contributed by atoms with E-state index >= 15 is 0 Å². The van der Waals surface area contributed by atoms with E-state index in [4.69, 9.17) is 0 Å². The normalized spacial score (nSPS) is 14.0. The fourth-order valence-corrected chi connectivity index (χ4v) is 2.24. The van der Waals surface area contributed by atoms with Crippen LogP contribution >= 0.6 is 24.0 Å². The Morgan fingerprint density at radius 3 is 2.79 bits per heavy atom. The first-order valence-corrected chi connectivity index (χ1v) is 8.33. The summed E-state index contributed by atoms with van der Waals surface area (Å²) in [4.78, 5) is 15.8. The van der Waals surface area contributed by atoms with Crippen LogP contribution in [0.25, 0.3) is 0 Å². The first-order chi connectivity index (χ1) is 11.2. The molecule has 24 heavy (non-hydrogen) atoms. The molecule has 8 nitrogen and oxygen atoms in total. The van der Waals surface area contributed by atoms with E-state index < -0.39 is 0 Å². The highest BCUT2D eigenvalue weighted by atomic mass is 127. The highest BCUT2D eigenvalue weighted by Crippen LogP contribution is 2.18. The van der Waals surface area contributed by atoms with Gasteiger partial charge in [-0.2, -0.15) is 0 Å². The quantitative estimate of drug-likeness (QED) is 0.223. The van der Waals surface area contributed by atoms with Crippen LogP contribution < -0.4 is 16.0 Å². The highest BCUT2D eigenvalue weighted by molar-refractivity contribution is 14.0. The Balaban J connectivity index is 0.00000288. The topological polar surface area (TPSA) is 96.2 Å². The van der Waals surface area contributed by atoms with Gasteiger partial charge in [-0.15, -0.1) is 34.2 Å². The molecule has 1 aromatic rings. The van der Waals surface area contributed by atoms with Crippen molar-refractivity contribution in [3.63, 3.8) is 0 Å². The van der Waals surface area contributed by atoms with Gasteiger partial charge in [-0.1, -0.05) is 6.92 Å². The van der Waals surface area contributed by atoms with Crippen molar-refractivity contribution >= 4 is 35.8 Å². The third-order valence-corrected chi connectivity index (χ3v) is 3.70. The molecule has 2 rings (SSSR count). The molecule has 1 heterocycles. The van der Waals surface area contributed by atoms with E-state index in [0.717, 1.165) is 57.1 Å². The van der Waals surface area contributed by atoms with Crippen molar-refractivity contribution < 1.29 is 4.79 Å². The monoisotopic (exact) mass is 449 g/mol. The molecule has 1 aliphatic rings. The number of nitrogens with one attached hydrogen (secondary N) is 3. The number of hydrogen-bond donors (Lipinski definition) is 3. The van der Waals surface area contributed by atoms with Gasteiger partial charge in [0.15, 0.2) is 5.96 Å². The van der Waals surface area contributed by atoms with Gasteiger partial charge in [-0.3, -0.25) is 9.79 Å². The smallest absolute Gasteiger partial charge is 0.220 e. The van der Waals surface area contributed by atoms with Crippen molar-refractivity contribution in [3.8, 4) is 0 Å². The number of guanidine groups is 1. The van der Waals surface area contributed by atoms with Crippen molar-refractivity contribution in [2.24, 2.45) is 4.99 Å². The van der Waals surface area contributed by atoms with Crippen molar-refractivity contribution in [1.29, 1.82) is 0 Å². The number of nitrogens with zero attached hydrogens (tertiary/aromatic N) is 4. The lowest BCUT2D eigenvalue weighted by molar-refractivity contribution is -0.121. The predicted octanol–water partition coefficient (Wildman–Crippen LogP) is 0.682. The molecule has 1 saturated carbocycles. The van der Waals surface area contributed by atoms with Gasteiger partial charge in [-0.25, -0.2) is 0 Å². The Kier molecular flexibility index (Phi) is 9.65. The molecular weight excluding hydrogens is 421 g/mol. The van der Waals surface area contributed by atoms with Crippen LogP contribution in [0.5, 0.6) is 0 Å². The van der Waals surface area contributed by atoms with Crippen LogP contribution in [0.3, 0.4) is 0 Å². The molecule has 0 atom stereocenters. The van der Waals surface area contributed by atoms with Crippen LogP contribution in [0.15, 0.2) is 11.3 Å². The van der Waals surface area contributed by atoms with E-state index in [1.54, 1.807) is 13.4 Å². The van der Waals surface area contributed by atoms with Gasteiger partial charge in [0.05, 0.1) is 0 Å². The maximum Gasteiger partial charge on any atom is 0.220 e. The Morgan fingerprint density at radius 2 is 2.12 bits per heavy atom. The molecule has 1 fully saturated rings. The van der Waals surface area contributed by atoms with Gasteiger partial charge >= 0.3 is 0 Å². The van der Waals surface area contributed by atoms with Crippen LogP contribution in [0, 0.1) is 0 Å². The molecular formula is C15H28IN7O. The van der Waals surface area contributed by atoms with E-state index in [0.29, 0.717) is 12.5 Å². The second kappa shape index (κ2) is 11.2. The van der Waals surface area contributed by atoms with E-state index in [9.17, 15) is 4.79 Å². The zero-order chi connectivity index (χ0) is 16.5. The standard InChI is InChI=1S/C15H27N7O.HI/c1-3-13-21-19-11-22(13)10-9-18-15(16-2)17-8-4-5-14(23)20-12-6-7-12;/h11-12H,3-10H2,1-2H3,(H,20,23)(H2,16,17,18);1H. The van der Waals surface area contributed by atoms with Gasteiger partial charge in [-0.05, 0) is 19.3 Å². The Hall–Kier alpha value is -1.39. The second-order valence-corrected chi connectivity index (χ2v) is 5.67. The summed E-state index contributed by atoms with van der Waals surface area (Å²) in [6.07, 6.45) is 6.23. The SMILES string of the molecule is CCc1nncn1CCNC(=NC)NCCCC(=O)NC1CC1.I. The van der Waals surface area contributed by atoms with E-state index in [-0.39, 0.29) is 29.9 Å². The zero-order valence-electron chi connectivity index (χ0n) is 14.4. The average molecular weight is 449 g/mol. The molecule has 3 N–H and O–H groups in total. The summed E-state index contributed by atoms with van der Waals surface area (Å²) in [5.74, 6) is 1.88. The Bertz CT molecular complexity index is 528. The Labute approximate surface area is 160 Å². The zero-order valence-corrected chi connectivity index (χ0v) is 16.7. The van der Waals surface area contributed by atoms with Crippen molar-refractivity contribution in [3.05, 3.63) is 12.2 Å². The summed E-state index contributed by atoms with van der Waals surface area (Å²) in [6.45, 7) is 4.33. The molecule has 0 unspecified atom stereocenters. The summed E-state index contributed by atoms with van der Waals surface area (Å²) in [7, 11) is 1.74. The number of aryl methyl sites for hydroxylation is 1. The van der Waals surface area contributed by atoms with Crippen molar-refractivity contribution in [1.82, 2.24) is 30.7 Å². The molecule has 0 bridgehead atoms. The predicted molar refractivity (Wildman–Crippen MR) is 105 cm³/mol. The minimum Gasteiger partial charge on any atom is -0.356 e. The molecule has 0 saturated heterocycles.